The molecule has 7 nitrogen and oxygen atoms in total. The Morgan fingerprint density at radius 3 is 2.72 bits per heavy atom. The summed E-state index contributed by atoms with van der Waals surface area (Å²) in [4.78, 5) is 19.8. The third kappa shape index (κ3) is 3.49. The van der Waals surface area contributed by atoms with Gasteiger partial charge in [-0.2, -0.15) is 5.26 Å². The highest BCUT2D eigenvalue weighted by Gasteiger charge is 2.33. The van der Waals surface area contributed by atoms with Gasteiger partial charge in [0.1, 0.15) is 5.82 Å². The number of hydrogen-bond acceptors (Lipinski definition) is 6. The van der Waals surface area contributed by atoms with Gasteiger partial charge in [0.25, 0.3) is 0 Å². The highest BCUT2D eigenvalue weighted by atomic mass is 15.2. The van der Waals surface area contributed by atoms with Crippen molar-refractivity contribution in [2.75, 3.05) is 18.0 Å². The third-order valence-electron chi connectivity index (χ3n) is 6.08. The van der Waals surface area contributed by atoms with Gasteiger partial charge in [-0.15, -0.1) is 0 Å². The van der Waals surface area contributed by atoms with Crippen LogP contribution in [0.1, 0.15) is 30.2 Å². The topological polar surface area (TPSA) is 108 Å². The van der Waals surface area contributed by atoms with E-state index >= 15 is 0 Å². The van der Waals surface area contributed by atoms with E-state index in [4.69, 9.17) is 10.7 Å². The second-order valence-electron chi connectivity index (χ2n) is 8.97. The molecule has 1 aliphatic rings. The van der Waals surface area contributed by atoms with E-state index in [-0.39, 0.29) is 5.54 Å². The van der Waals surface area contributed by atoms with Crippen LogP contribution >= 0.6 is 0 Å². The zero-order valence-corrected chi connectivity index (χ0v) is 18.5. The molecule has 1 aliphatic heterocycles. The lowest BCUT2D eigenvalue weighted by Crippen LogP contribution is -2.39. The molecule has 0 amide bonds. The molecule has 0 bridgehead atoms. The van der Waals surface area contributed by atoms with Gasteiger partial charge in [0.05, 0.1) is 28.4 Å². The molecule has 3 N–H and O–H groups in total. The number of H-pyrrole nitrogens is 1. The summed E-state index contributed by atoms with van der Waals surface area (Å²) in [6, 6.07) is 11.9. The first-order valence-corrected chi connectivity index (χ1v) is 10.7. The number of anilines is 1. The highest BCUT2D eigenvalue weighted by molar-refractivity contribution is 5.91. The van der Waals surface area contributed by atoms with Gasteiger partial charge >= 0.3 is 0 Å². The normalized spacial score (nSPS) is 18.3. The van der Waals surface area contributed by atoms with E-state index in [1.54, 1.807) is 0 Å². The molecule has 1 atom stereocenters. The molecular formula is C25H25N7. The van der Waals surface area contributed by atoms with Crippen LogP contribution in [-0.4, -0.2) is 38.6 Å². The number of fused-ring (bicyclic) bond motifs is 1. The summed E-state index contributed by atoms with van der Waals surface area (Å²) in [7, 11) is 0. The molecule has 32 heavy (non-hydrogen) atoms. The van der Waals surface area contributed by atoms with Crippen LogP contribution in [-0.2, 0) is 0 Å². The van der Waals surface area contributed by atoms with Crippen LogP contribution in [0.25, 0.3) is 33.7 Å². The van der Waals surface area contributed by atoms with Crippen molar-refractivity contribution in [1.29, 1.82) is 5.26 Å². The largest absolute Gasteiger partial charge is 0.368 e. The van der Waals surface area contributed by atoms with E-state index in [1.165, 1.54) is 0 Å². The lowest BCUT2D eigenvalue weighted by molar-refractivity contribution is 0.525. The Balaban J connectivity index is 1.74. The number of nitrogens with zero attached hydrogens (tertiary/aromatic N) is 5. The van der Waals surface area contributed by atoms with Crippen LogP contribution in [0.15, 0.2) is 42.7 Å². The minimum Gasteiger partial charge on any atom is -0.368 e. The molecule has 1 fully saturated rings. The van der Waals surface area contributed by atoms with Gasteiger partial charge in [0, 0.05) is 42.3 Å². The Bertz CT molecular complexity index is 1380. The number of nitrogens with two attached hydrogens (primary N) is 1. The number of imidazole rings is 1. The van der Waals surface area contributed by atoms with Crippen LogP contribution in [0.4, 0.5) is 5.69 Å². The first-order valence-electron chi connectivity index (χ1n) is 10.7. The Morgan fingerprint density at radius 1 is 1.16 bits per heavy atom. The molecule has 1 aromatic carbocycles. The Hall–Kier alpha value is -3.76. The van der Waals surface area contributed by atoms with Gasteiger partial charge in [-0.05, 0) is 56.5 Å². The predicted octanol–water partition coefficient (Wildman–Crippen LogP) is 4.10. The molecule has 5 rings (SSSR count). The number of nitrogens with one attached hydrogen (secondary N) is 1. The molecule has 3 aromatic heterocycles. The van der Waals surface area contributed by atoms with Gasteiger partial charge in [-0.1, -0.05) is 12.1 Å². The van der Waals surface area contributed by atoms with Crippen LogP contribution in [0.2, 0.25) is 0 Å². The average molecular weight is 424 g/mol. The van der Waals surface area contributed by atoms with Gasteiger partial charge in [0.2, 0.25) is 0 Å². The third-order valence-corrected chi connectivity index (χ3v) is 6.08. The van der Waals surface area contributed by atoms with E-state index in [0.29, 0.717) is 11.2 Å². The maximum absolute atomic E-state index is 9.41. The van der Waals surface area contributed by atoms with Crippen molar-refractivity contribution in [3.63, 3.8) is 0 Å². The summed E-state index contributed by atoms with van der Waals surface area (Å²) in [6.45, 7) is 7.68. The van der Waals surface area contributed by atoms with Crippen molar-refractivity contribution in [2.24, 2.45) is 5.73 Å². The predicted molar refractivity (Wildman–Crippen MR) is 126 cm³/mol. The van der Waals surface area contributed by atoms with E-state index in [1.807, 2.05) is 49.6 Å². The molecule has 4 heterocycles. The number of hydrogen-bond donors (Lipinski definition) is 2. The van der Waals surface area contributed by atoms with E-state index in [0.717, 1.165) is 64.5 Å². The van der Waals surface area contributed by atoms with Gasteiger partial charge < -0.3 is 15.6 Å². The number of aromatic amines is 1. The molecule has 7 heteroatoms. The standard InChI is InChI=1S/C25H25N7/c1-15-9-16(2)29-24-21(15)30-23(31-24)20-13-28-12-19(18-6-4-5-17(10-18)11-26)22(20)32-8-7-25(3,27)14-32/h4-6,9-10,12-13H,7-8,14,27H2,1-3H3,(H,29,30,31). The first-order chi connectivity index (χ1) is 15.3. The van der Waals surface area contributed by atoms with Gasteiger partial charge in [0.15, 0.2) is 5.65 Å². The summed E-state index contributed by atoms with van der Waals surface area (Å²) < 4.78 is 0. The van der Waals surface area contributed by atoms with Crippen LogP contribution in [0.5, 0.6) is 0 Å². The molecule has 1 saturated heterocycles. The van der Waals surface area contributed by atoms with Gasteiger partial charge in [-0.3, -0.25) is 4.98 Å². The van der Waals surface area contributed by atoms with Gasteiger partial charge in [-0.25, -0.2) is 9.97 Å². The minimum absolute atomic E-state index is 0.268. The zero-order chi connectivity index (χ0) is 22.5. The first kappa shape index (κ1) is 20.2. The minimum atomic E-state index is -0.268. The molecule has 0 saturated carbocycles. The van der Waals surface area contributed by atoms with Crippen molar-refractivity contribution in [2.45, 2.75) is 32.7 Å². The molecule has 4 aromatic rings. The fourth-order valence-electron chi connectivity index (χ4n) is 4.54. The Labute approximate surface area is 187 Å². The van der Waals surface area contributed by atoms with Crippen molar-refractivity contribution in [3.05, 3.63) is 59.5 Å². The van der Waals surface area contributed by atoms with E-state index < -0.39 is 0 Å². The second kappa shape index (κ2) is 7.43. The SMILES string of the molecule is Cc1cc(C)c2[nH]c(-c3cncc(-c4cccc(C#N)c4)c3N3CCC(C)(N)C3)nc2n1. The van der Waals surface area contributed by atoms with Crippen molar-refractivity contribution < 1.29 is 0 Å². The number of pyridine rings is 2. The van der Waals surface area contributed by atoms with E-state index in [2.05, 4.69) is 39.8 Å². The number of aryl methyl sites for hydroxylation is 2. The monoisotopic (exact) mass is 423 g/mol. The fourth-order valence-corrected chi connectivity index (χ4v) is 4.54. The maximum atomic E-state index is 9.41. The quantitative estimate of drug-likeness (QED) is 0.514. The highest BCUT2D eigenvalue weighted by Crippen LogP contribution is 2.41. The Kier molecular flexibility index (Phi) is 4.68. The number of aromatic nitrogens is 4. The molecule has 0 spiro atoms. The summed E-state index contributed by atoms with van der Waals surface area (Å²) in [5, 5.41) is 9.41. The number of benzene rings is 1. The molecular weight excluding hydrogens is 398 g/mol. The molecule has 0 aliphatic carbocycles. The summed E-state index contributed by atoms with van der Waals surface area (Å²) >= 11 is 0. The second-order valence-corrected chi connectivity index (χ2v) is 8.97. The fraction of sp³-hybridized carbons (Fsp3) is 0.280. The lowest BCUT2D eigenvalue weighted by Gasteiger charge is -2.26. The van der Waals surface area contributed by atoms with Crippen molar-refractivity contribution in [3.8, 4) is 28.6 Å². The van der Waals surface area contributed by atoms with Crippen LogP contribution < -0.4 is 10.6 Å². The molecule has 0 radical (unpaired) electrons. The summed E-state index contributed by atoms with van der Waals surface area (Å²) in [5.74, 6) is 0.729. The van der Waals surface area contributed by atoms with Crippen molar-refractivity contribution >= 4 is 16.9 Å². The molecule has 1 unspecified atom stereocenters. The maximum Gasteiger partial charge on any atom is 0.178 e. The van der Waals surface area contributed by atoms with Crippen molar-refractivity contribution in [1.82, 2.24) is 19.9 Å². The van der Waals surface area contributed by atoms with Crippen LogP contribution in [0, 0.1) is 25.2 Å². The number of nitriles is 1. The van der Waals surface area contributed by atoms with E-state index in [9.17, 15) is 5.26 Å². The average Bonchev–Trinajstić information content (AvgIpc) is 3.36. The lowest BCUT2D eigenvalue weighted by atomic mass is 9.99. The van der Waals surface area contributed by atoms with Crippen LogP contribution in [0.3, 0.4) is 0 Å². The number of rotatable bonds is 3. The summed E-state index contributed by atoms with van der Waals surface area (Å²) in [6.07, 6.45) is 4.60. The molecule has 160 valence electrons. The summed E-state index contributed by atoms with van der Waals surface area (Å²) in [5.41, 5.74) is 14.3. The zero-order valence-electron chi connectivity index (χ0n) is 18.5. The smallest absolute Gasteiger partial charge is 0.178 e. The Morgan fingerprint density at radius 2 is 1.97 bits per heavy atom.